The third-order valence-corrected chi connectivity index (χ3v) is 6.26. The van der Waals surface area contributed by atoms with Crippen molar-refractivity contribution in [3.63, 3.8) is 0 Å². The summed E-state index contributed by atoms with van der Waals surface area (Å²) in [5.74, 6) is 1.28. The highest BCUT2D eigenvalue weighted by Gasteiger charge is 2.35. The van der Waals surface area contributed by atoms with Crippen LogP contribution < -0.4 is 5.73 Å². The molecule has 2 rings (SSSR count). The summed E-state index contributed by atoms with van der Waals surface area (Å²) in [4.78, 5) is 2.31. The van der Waals surface area contributed by atoms with E-state index < -0.39 is 9.84 Å². The van der Waals surface area contributed by atoms with E-state index >= 15 is 0 Å². The molecule has 17 heavy (non-hydrogen) atoms. The van der Waals surface area contributed by atoms with Crippen molar-refractivity contribution in [2.45, 2.75) is 44.2 Å². The molecule has 100 valence electrons. The monoisotopic (exact) mass is 260 g/mol. The summed E-state index contributed by atoms with van der Waals surface area (Å²) >= 11 is 0. The Morgan fingerprint density at radius 2 is 2.00 bits per heavy atom. The second-order valence-electron chi connectivity index (χ2n) is 5.57. The summed E-state index contributed by atoms with van der Waals surface area (Å²) in [6, 6.07) is 0.712. The molecule has 1 saturated carbocycles. The lowest BCUT2D eigenvalue weighted by Gasteiger charge is -2.37. The molecule has 0 bridgehead atoms. The van der Waals surface area contributed by atoms with Crippen LogP contribution in [0.1, 0.15) is 32.1 Å². The minimum atomic E-state index is -2.80. The smallest absolute Gasteiger partial charge is 0.151 e. The number of nitrogens with two attached hydrogens (primary N) is 1. The van der Waals surface area contributed by atoms with Crippen molar-refractivity contribution in [1.29, 1.82) is 0 Å². The van der Waals surface area contributed by atoms with Crippen LogP contribution >= 0.6 is 0 Å². The van der Waals surface area contributed by atoms with Gasteiger partial charge in [-0.25, -0.2) is 8.42 Å². The Morgan fingerprint density at radius 3 is 2.65 bits per heavy atom. The number of nitrogens with zero attached hydrogens (tertiary/aromatic N) is 1. The summed E-state index contributed by atoms with van der Waals surface area (Å²) < 4.78 is 23.4. The predicted octanol–water partition coefficient (Wildman–Crippen LogP) is 0.623. The van der Waals surface area contributed by atoms with Gasteiger partial charge < -0.3 is 5.73 Å². The molecule has 4 nitrogen and oxygen atoms in total. The molecule has 0 aromatic rings. The highest BCUT2D eigenvalue weighted by Crippen LogP contribution is 2.31. The van der Waals surface area contributed by atoms with Crippen LogP contribution in [0.3, 0.4) is 0 Å². The molecule has 2 N–H and O–H groups in total. The van der Waals surface area contributed by atoms with Crippen LogP contribution in [0.5, 0.6) is 0 Å². The van der Waals surface area contributed by atoms with Crippen molar-refractivity contribution < 1.29 is 8.42 Å². The molecule has 2 aliphatic rings. The van der Waals surface area contributed by atoms with E-state index in [0.717, 1.165) is 19.4 Å². The Kier molecular flexibility index (Phi) is 4.10. The van der Waals surface area contributed by atoms with Gasteiger partial charge in [0.2, 0.25) is 0 Å². The summed E-state index contributed by atoms with van der Waals surface area (Å²) in [6.45, 7) is 0.731. The second kappa shape index (κ2) is 5.24. The third kappa shape index (κ3) is 3.01. The molecule has 1 saturated heterocycles. The van der Waals surface area contributed by atoms with Gasteiger partial charge in [0.1, 0.15) is 0 Å². The van der Waals surface area contributed by atoms with E-state index in [1.54, 1.807) is 0 Å². The van der Waals surface area contributed by atoms with Crippen molar-refractivity contribution in [1.82, 2.24) is 4.90 Å². The molecule has 2 fully saturated rings. The van der Waals surface area contributed by atoms with E-state index in [2.05, 4.69) is 11.9 Å². The average molecular weight is 260 g/mol. The first-order valence-electron chi connectivity index (χ1n) is 6.66. The Hall–Kier alpha value is -0.130. The Balaban J connectivity index is 2.01. The van der Waals surface area contributed by atoms with Crippen molar-refractivity contribution in [2.24, 2.45) is 11.7 Å². The summed E-state index contributed by atoms with van der Waals surface area (Å²) in [5.41, 5.74) is 5.80. The Bertz CT molecular complexity index is 356. The molecule has 1 aliphatic heterocycles. The first-order valence-corrected chi connectivity index (χ1v) is 8.48. The zero-order valence-electron chi connectivity index (χ0n) is 10.6. The molecule has 3 unspecified atom stereocenters. The van der Waals surface area contributed by atoms with Gasteiger partial charge in [-0.15, -0.1) is 0 Å². The van der Waals surface area contributed by atoms with Gasteiger partial charge >= 0.3 is 0 Å². The van der Waals surface area contributed by atoms with Crippen LogP contribution in [0.25, 0.3) is 0 Å². The van der Waals surface area contributed by atoms with Crippen molar-refractivity contribution in [3.8, 4) is 0 Å². The van der Waals surface area contributed by atoms with Gasteiger partial charge in [0, 0.05) is 12.1 Å². The molecule has 3 atom stereocenters. The summed E-state index contributed by atoms with van der Waals surface area (Å²) in [6.07, 6.45) is 5.44. The third-order valence-electron chi connectivity index (χ3n) is 4.46. The van der Waals surface area contributed by atoms with E-state index in [4.69, 9.17) is 5.73 Å². The fraction of sp³-hybridized carbons (Fsp3) is 1.00. The lowest BCUT2D eigenvalue weighted by Crippen LogP contribution is -2.48. The molecule has 1 aliphatic carbocycles. The molecule has 0 amide bonds. The maximum absolute atomic E-state index is 11.7. The van der Waals surface area contributed by atoms with Gasteiger partial charge in [-0.1, -0.05) is 6.42 Å². The fourth-order valence-electron chi connectivity index (χ4n) is 3.42. The van der Waals surface area contributed by atoms with Crippen LogP contribution in [0.15, 0.2) is 0 Å². The minimum Gasteiger partial charge on any atom is -0.330 e. The van der Waals surface area contributed by atoms with E-state index in [9.17, 15) is 8.42 Å². The zero-order chi connectivity index (χ0) is 12.5. The fourth-order valence-corrected chi connectivity index (χ4v) is 5.18. The lowest BCUT2D eigenvalue weighted by atomic mass is 10.00. The van der Waals surface area contributed by atoms with Gasteiger partial charge in [0.25, 0.3) is 0 Å². The Morgan fingerprint density at radius 1 is 1.24 bits per heavy atom. The second-order valence-corrected chi connectivity index (χ2v) is 7.80. The highest BCUT2D eigenvalue weighted by atomic mass is 32.2. The molecule has 0 aromatic heterocycles. The molecular formula is C12H24N2O2S. The number of rotatable bonds is 3. The van der Waals surface area contributed by atoms with Gasteiger partial charge in [0.15, 0.2) is 9.84 Å². The average Bonchev–Trinajstić information content (AvgIpc) is 2.74. The van der Waals surface area contributed by atoms with Crippen LogP contribution in [-0.4, -0.2) is 50.5 Å². The normalized spacial score (nSPS) is 37.5. The largest absolute Gasteiger partial charge is 0.330 e. The maximum Gasteiger partial charge on any atom is 0.151 e. The van der Waals surface area contributed by atoms with E-state index in [0.29, 0.717) is 23.5 Å². The predicted molar refractivity (Wildman–Crippen MR) is 69.6 cm³/mol. The standard InChI is InChI=1S/C12H24N2O2S/c1-14(12-6-2-4-10(12)8-13)11-5-3-7-17(15,16)9-11/h10-12H,2-9,13H2,1H3. The quantitative estimate of drug-likeness (QED) is 0.808. The highest BCUT2D eigenvalue weighted by molar-refractivity contribution is 7.91. The maximum atomic E-state index is 11.7. The topological polar surface area (TPSA) is 63.4 Å². The van der Waals surface area contributed by atoms with Crippen LogP contribution in [-0.2, 0) is 9.84 Å². The number of hydrogen-bond donors (Lipinski definition) is 1. The molecule has 0 radical (unpaired) electrons. The molecule has 0 spiro atoms. The van der Waals surface area contributed by atoms with Crippen molar-refractivity contribution >= 4 is 9.84 Å². The molecule has 0 aromatic carbocycles. The zero-order valence-corrected chi connectivity index (χ0v) is 11.5. The molecular weight excluding hydrogens is 236 g/mol. The number of sulfone groups is 1. The van der Waals surface area contributed by atoms with Crippen molar-refractivity contribution in [2.75, 3.05) is 25.1 Å². The van der Waals surface area contributed by atoms with E-state index in [1.165, 1.54) is 19.3 Å². The first-order chi connectivity index (χ1) is 8.03. The summed E-state index contributed by atoms with van der Waals surface area (Å²) in [5, 5.41) is 0. The van der Waals surface area contributed by atoms with Gasteiger partial charge in [-0.2, -0.15) is 0 Å². The molecule has 1 heterocycles. The summed E-state index contributed by atoms with van der Waals surface area (Å²) in [7, 11) is -0.716. The van der Waals surface area contributed by atoms with Gasteiger partial charge in [-0.3, -0.25) is 4.90 Å². The number of hydrogen-bond acceptors (Lipinski definition) is 4. The van der Waals surface area contributed by atoms with Crippen LogP contribution in [0, 0.1) is 5.92 Å². The SMILES string of the molecule is CN(C1CCCS(=O)(=O)C1)C1CCCC1CN. The van der Waals surface area contributed by atoms with E-state index in [1.807, 2.05) is 0 Å². The molecule has 5 heteroatoms. The first kappa shape index (κ1) is 13.3. The Labute approximate surface area is 104 Å². The van der Waals surface area contributed by atoms with Crippen LogP contribution in [0.4, 0.5) is 0 Å². The van der Waals surface area contributed by atoms with Gasteiger partial charge in [0.05, 0.1) is 11.5 Å². The van der Waals surface area contributed by atoms with Crippen molar-refractivity contribution in [3.05, 3.63) is 0 Å². The minimum absolute atomic E-state index is 0.214. The van der Waals surface area contributed by atoms with E-state index in [-0.39, 0.29) is 6.04 Å². The van der Waals surface area contributed by atoms with Gasteiger partial charge in [-0.05, 0) is 45.2 Å². The lowest BCUT2D eigenvalue weighted by molar-refractivity contribution is 0.144. The van der Waals surface area contributed by atoms with Crippen LogP contribution in [0.2, 0.25) is 0 Å².